The van der Waals surface area contributed by atoms with Crippen LogP contribution in [0.15, 0.2) is 0 Å². The molecule has 0 aromatic heterocycles. The number of nitrogens with zero attached hydrogens (tertiary/aromatic N) is 1. The van der Waals surface area contributed by atoms with E-state index in [1.54, 1.807) is 4.31 Å². The van der Waals surface area contributed by atoms with Gasteiger partial charge < -0.3 is 0 Å². The predicted octanol–water partition coefficient (Wildman–Crippen LogP) is 3.02. The van der Waals surface area contributed by atoms with Gasteiger partial charge in [0.2, 0.25) is 10.0 Å². The Labute approximate surface area is 107 Å². The van der Waals surface area contributed by atoms with Gasteiger partial charge in [-0.3, -0.25) is 0 Å². The zero-order chi connectivity index (χ0) is 12.9. The zero-order valence-electron chi connectivity index (χ0n) is 11.5. The summed E-state index contributed by atoms with van der Waals surface area (Å²) in [5.74, 6) is 0.356. The van der Waals surface area contributed by atoms with Crippen LogP contribution < -0.4 is 0 Å². The maximum absolute atomic E-state index is 11.7. The summed E-state index contributed by atoms with van der Waals surface area (Å²) in [6.45, 7) is 8.22. The Bertz CT molecular complexity index is 317. The number of hydrogen-bond acceptors (Lipinski definition) is 2. The van der Waals surface area contributed by atoms with Crippen molar-refractivity contribution in [2.45, 2.75) is 59.3 Å². The quantitative estimate of drug-likeness (QED) is 0.713. The van der Waals surface area contributed by atoms with E-state index in [-0.39, 0.29) is 0 Å². The molecule has 0 aliphatic carbocycles. The first-order chi connectivity index (χ1) is 7.81. The molecule has 0 bridgehead atoms. The van der Waals surface area contributed by atoms with Crippen molar-refractivity contribution in [3.8, 4) is 0 Å². The Hall–Kier alpha value is -0.0900. The molecule has 0 saturated carbocycles. The topological polar surface area (TPSA) is 37.4 Å². The van der Waals surface area contributed by atoms with Gasteiger partial charge in [0.1, 0.15) is 0 Å². The highest BCUT2D eigenvalue weighted by Gasteiger charge is 2.24. The first kappa shape index (κ1) is 15.0. The third kappa shape index (κ3) is 5.87. The van der Waals surface area contributed by atoms with E-state index in [0.717, 1.165) is 38.8 Å². The number of sulfonamides is 1. The molecule has 0 radical (unpaired) electrons. The smallest absolute Gasteiger partial charge is 0.212 e. The molecule has 0 unspecified atom stereocenters. The largest absolute Gasteiger partial charge is 0.214 e. The Morgan fingerprint density at radius 3 is 2.35 bits per heavy atom. The van der Waals surface area contributed by atoms with Crippen molar-refractivity contribution in [2.75, 3.05) is 18.8 Å². The SMILES string of the molecule is CC(C)(C)CCCCCN1CCCCS1(=O)=O. The van der Waals surface area contributed by atoms with Gasteiger partial charge in [-0.05, 0) is 31.1 Å². The van der Waals surface area contributed by atoms with Gasteiger partial charge in [-0.1, -0.05) is 33.6 Å². The summed E-state index contributed by atoms with van der Waals surface area (Å²) in [5, 5.41) is 0. The van der Waals surface area contributed by atoms with E-state index in [4.69, 9.17) is 0 Å². The minimum Gasteiger partial charge on any atom is -0.212 e. The van der Waals surface area contributed by atoms with E-state index in [2.05, 4.69) is 20.8 Å². The van der Waals surface area contributed by atoms with Crippen molar-refractivity contribution in [2.24, 2.45) is 5.41 Å². The monoisotopic (exact) mass is 261 g/mol. The lowest BCUT2D eigenvalue weighted by atomic mass is 9.89. The average molecular weight is 261 g/mol. The third-order valence-electron chi connectivity index (χ3n) is 3.29. The van der Waals surface area contributed by atoms with Gasteiger partial charge in [0.25, 0.3) is 0 Å². The molecular weight excluding hydrogens is 234 g/mol. The highest BCUT2D eigenvalue weighted by molar-refractivity contribution is 7.89. The van der Waals surface area contributed by atoms with Crippen molar-refractivity contribution in [1.29, 1.82) is 0 Å². The lowest BCUT2D eigenvalue weighted by Gasteiger charge is -2.26. The van der Waals surface area contributed by atoms with Crippen LogP contribution >= 0.6 is 0 Å². The van der Waals surface area contributed by atoms with E-state index < -0.39 is 10.0 Å². The van der Waals surface area contributed by atoms with Crippen LogP contribution in [0.25, 0.3) is 0 Å². The summed E-state index contributed by atoms with van der Waals surface area (Å²) in [4.78, 5) is 0. The molecule has 0 N–H and O–H groups in total. The van der Waals surface area contributed by atoms with Gasteiger partial charge >= 0.3 is 0 Å². The minimum absolute atomic E-state index is 0.356. The van der Waals surface area contributed by atoms with Crippen molar-refractivity contribution >= 4 is 10.0 Å². The predicted molar refractivity (Wildman–Crippen MR) is 72.5 cm³/mol. The molecule has 102 valence electrons. The van der Waals surface area contributed by atoms with Gasteiger partial charge in [0.15, 0.2) is 0 Å². The van der Waals surface area contributed by atoms with Crippen LogP contribution in [0.4, 0.5) is 0 Å². The Morgan fingerprint density at radius 1 is 1.06 bits per heavy atom. The average Bonchev–Trinajstić information content (AvgIpc) is 2.17. The number of unbranched alkanes of at least 4 members (excludes halogenated alkanes) is 2. The number of hydrogen-bond donors (Lipinski definition) is 0. The molecule has 1 saturated heterocycles. The molecule has 1 aliphatic heterocycles. The lowest BCUT2D eigenvalue weighted by Crippen LogP contribution is -2.38. The van der Waals surface area contributed by atoms with Gasteiger partial charge in [-0.25, -0.2) is 12.7 Å². The molecule has 0 spiro atoms. The van der Waals surface area contributed by atoms with E-state index >= 15 is 0 Å². The zero-order valence-corrected chi connectivity index (χ0v) is 12.4. The molecule has 1 rings (SSSR count). The van der Waals surface area contributed by atoms with Gasteiger partial charge in [-0.15, -0.1) is 0 Å². The highest BCUT2D eigenvalue weighted by Crippen LogP contribution is 2.22. The molecule has 17 heavy (non-hydrogen) atoms. The normalized spacial score (nSPS) is 21.6. The summed E-state index contributed by atoms with van der Waals surface area (Å²) in [5.41, 5.74) is 0.400. The van der Waals surface area contributed by atoms with Gasteiger partial charge in [0, 0.05) is 13.1 Å². The third-order valence-corrected chi connectivity index (χ3v) is 5.24. The summed E-state index contributed by atoms with van der Waals surface area (Å²) >= 11 is 0. The molecule has 1 aliphatic rings. The Kier molecular flexibility index (Phi) is 5.45. The fraction of sp³-hybridized carbons (Fsp3) is 1.00. The fourth-order valence-electron chi connectivity index (χ4n) is 2.21. The van der Waals surface area contributed by atoms with Crippen LogP contribution in [-0.2, 0) is 10.0 Å². The maximum atomic E-state index is 11.7. The maximum Gasteiger partial charge on any atom is 0.214 e. The second-order valence-corrected chi connectivity index (χ2v) is 8.38. The second-order valence-electron chi connectivity index (χ2n) is 6.29. The van der Waals surface area contributed by atoms with Crippen LogP contribution in [0.5, 0.6) is 0 Å². The van der Waals surface area contributed by atoms with E-state index in [1.165, 1.54) is 12.8 Å². The van der Waals surface area contributed by atoms with Gasteiger partial charge in [0.05, 0.1) is 5.75 Å². The Morgan fingerprint density at radius 2 is 1.76 bits per heavy atom. The first-order valence-electron chi connectivity index (χ1n) is 6.79. The van der Waals surface area contributed by atoms with E-state index in [0.29, 0.717) is 11.2 Å². The summed E-state index contributed by atoms with van der Waals surface area (Å²) in [6, 6.07) is 0. The summed E-state index contributed by atoms with van der Waals surface area (Å²) < 4.78 is 25.1. The molecule has 0 atom stereocenters. The fourth-order valence-corrected chi connectivity index (χ4v) is 3.85. The summed E-state index contributed by atoms with van der Waals surface area (Å²) in [7, 11) is -2.91. The van der Waals surface area contributed by atoms with Crippen molar-refractivity contribution in [1.82, 2.24) is 4.31 Å². The minimum atomic E-state index is -2.91. The molecule has 0 aromatic carbocycles. The van der Waals surface area contributed by atoms with Crippen molar-refractivity contribution in [3.05, 3.63) is 0 Å². The molecular formula is C13H27NO2S. The molecule has 1 fully saturated rings. The lowest BCUT2D eigenvalue weighted by molar-refractivity contribution is 0.341. The highest BCUT2D eigenvalue weighted by atomic mass is 32.2. The van der Waals surface area contributed by atoms with E-state index in [1.807, 2.05) is 0 Å². The van der Waals surface area contributed by atoms with E-state index in [9.17, 15) is 8.42 Å². The van der Waals surface area contributed by atoms with Crippen molar-refractivity contribution in [3.63, 3.8) is 0 Å². The molecule has 1 heterocycles. The van der Waals surface area contributed by atoms with Crippen LogP contribution in [0.1, 0.15) is 59.3 Å². The van der Waals surface area contributed by atoms with Crippen LogP contribution in [-0.4, -0.2) is 31.6 Å². The van der Waals surface area contributed by atoms with Crippen molar-refractivity contribution < 1.29 is 8.42 Å². The van der Waals surface area contributed by atoms with Crippen LogP contribution in [0, 0.1) is 5.41 Å². The summed E-state index contributed by atoms with van der Waals surface area (Å²) in [6.07, 6.45) is 6.44. The number of rotatable bonds is 5. The Balaban J connectivity index is 2.18. The first-order valence-corrected chi connectivity index (χ1v) is 8.40. The molecule has 3 nitrogen and oxygen atoms in total. The molecule has 0 amide bonds. The molecule has 0 aromatic rings. The van der Waals surface area contributed by atoms with Crippen LogP contribution in [0.2, 0.25) is 0 Å². The standard InChI is InChI=1S/C13H27NO2S/c1-13(2,3)9-5-4-6-10-14-11-7-8-12-17(14,15)16/h4-12H2,1-3H3. The van der Waals surface area contributed by atoms with Crippen LogP contribution in [0.3, 0.4) is 0 Å². The van der Waals surface area contributed by atoms with Gasteiger partial charge in [-0.2, -0.15) is 0 Å². The second kappa shape index (κ2) is 6.19. The molecule has 4 heteroatoms.